The molecule has 2 aromatic carbocycles. The lowest BCUT2D eigenvalue weighted by Gasteiger charge is -2.14. The number of nitrogens with one attached hydrogen (secondary N) is 1. The van der Waals surface area contributed by atoms with Crippen molar-refractivity contribution in [3.63, 3.8) is 0 Å². The average Bonchev–Trinajstić information content (AvgIpc) is 3.26. The Kier molecular flexibility index (Phi) is 8.04. The fourth-order valence-corrected chi connectivity index (χ4v) is 2.90. The minimum atomic E-state index is -0.749. The first-order valence-corrected chi connectivity index (χ1v) is 10.3. The number of benzene rings is 2. The number of hydrogen-bond donors (Lipinski definition) is 1. The van der Waals surface area contributed by atoms with E-state index < -0.39 is 18.5 Å². The Morgan fingerprint density at radius 1 is 1.09 bits per heavy atom. The first-order valence-electron chi connectivity index (χ1n) is 9.96. The summed E-state index contributed by atoms with van der Waals surface area (Å²) in [6, 6.07) is 11.8. The Labute approximate surface area is 189 Å². The SMILES string of the molecule is CCCOc1c(Cl)cc(C(=O)OCC(=O)Nc2nnc(-c3ccccc3)o2)cc1OCC. The summed E-state index contributed by atoms with van der Waals surface area (Å²) in [5, 5.41) is 10.2. The van der Waals surface area contributed by atoms with Gasteiger partial charge in [-0.15, -0.1) is 5.10 Å². The van der Waals surface area contributed by atoms with E-state index in [4.69, 9.17) is 30.2 Å². The predicted molar refractivity (Wildman–Crippen MR) is 117 cm³/mol. The second kappa shape index (κ2) is 11.1. The number of halogens is 1. The van der Waals surface area contributed by atoms with Gasteiger partial charge in [0, 0.05) is 5.56 Å². The fraction of sp³-hybridized carbons (Fsp3) is 0.273. The molecule has 3 aromatic rings. The number of carbonyl (C=O) groups is 2. The van der Waals surface area contributed by atoms with Gasteiger partial charge in [-0.05, 0) is 37.6 Å². The second-order valence-electron chi connectivity index (χ2n) is 6.47. The summed E-state index contributed by atoms with van der Waals surface area (Å²) < 4.78 is 21.6. The molecule has 0 atom stereocenters. The van der Waals surface area contributed by atoms with Gasteiger partial charge in [0.15, 0.2) is 18.1 Å². The number of carbonyl (C=O) groups excluding carboxylic acids is 2. The van der Waals surface area contributed by atoms with Crippen LogP contribution in [-0.4, -0.2) is 41.9 Å². The van der Waals surface area contributed by atoms with Crippen LogP contribution >= 0.6 is 11.6 Å². The standard InChI is InChI=1S/C22H22ClN3O6/c1-3-10-30-19-16(23)11-15(12-17(19)29-4-2)21(28)31-13-18(27)24-22-26-25-20(32-22)14-8-6-5-7-9-14/h5-9,11-12H,3-4,10,13H2,1-2H3,(H,24,26,27). The molecule has 1 amide bonds. The van der Waals surface area contributed by atoms with Gasteiger partial charge >= 0.3 is 12.0 Å². The van der Waals surface area contributed by atoms with E-state index in [9.17, 15) is 9.59 Å². The van der Waals surface area contributed by atoms with Gasteiger partial charge in [-0.1, -0.05) is 41.8 Å². The molecule has 0 saturated carbocycles. The van der Waals surface area contributed by atoms with Crippen molar-refractivity contribution in [2.75, 3.05) is 25.1 Å². The summed E-state index contributed by atoms with van der Waals surface area (Å²) in [6.07, 6.45) is 0.785. The highest BCUT2D eigenvalue weighted by Crippen LogP contribution is 2.37. The Hall–Kier alpha value is -3.59. The van der Waals surface area contributed by atoms with Crippen molar-refractivity contribution in [1.29, 1.82) is 0 Å². The number of aromatic nitrogens is 2. The molecule has 0 aliphatic heterocycles. The van der Waals surface area contributed by atoms with Gasteiger partial charge in [-0.25, -0.2) is 4.79 Å². The van der Waals surface area contributed by atoms with Gasteiger partial charge in [-0.2, -0.15) is 0 Å². The van der Waals surface area contributed by atoms with Gasteiger partial charge in [0.2, 0.25) is 5.89 Å². The van der Waals surface area contributed by atoms with Gasteiger partial charge < -0.3 is 18.6 Å². The average molecular weight is 460 g/mol. The lowest BCUT2D eigenvalue weighted by Crippen LogP contribution is -2.21. The Morgan fingerprint density at radius 3 is 2.59 bits per heavy atom. The van der Waals surface area contributed by atoms with E-state index in [0.717, 1.165) is 6.42 Å². The summed E-state index contributed by atoms with van der Waals surface area (Å²) in [6.45, 7) is 4.01. The van der Waals surface area contributed by atoms with Gasteiger partial charge in [0.1, 0.15) is 0 Å². The molecule has 0 bridgehead atoms. The van der Waals surface area contributed by atoms with Crippen LogP contribution in [0.2, 0.25) is 5.02 Å². The first kappa shape index (κ1) is 23.1. The van der Waals surface area contributed by atoms with Gasteiger partial charge in [0.25, 0.3) is 5.91 Å². The fourth-order valence-electron chi connectivity index (χ4n) is 2.63. The third-order valence-electron chi connectivity index (χ3n) is 4.02. The van der Waals surface area contributed by atoms with E-state index in [2.05, 4.69) is 15.5 Å². The van der Waals surface area contributed by atoms with Crippen molar-refractivity contribution in [2.24, 2.45) is 0 Å². The summed E-state index contributed by atoms with van der Waals surface area (Å²) in [5.41, 5.74) is 0.833. The van der Waals surface area contributed by atoms with E-state index in [0.29, 0.717) is 30.3 Å². The molecule has 9 nitrogen and oxygen atoms in total. The van der Waals surface area contributed by atoms with E-state index in [-0.39, 0.29) is 22.5 Å². The van der Waals surface area contributed by atoms with Crippen LogP contribution in [0.4, 0.5) is 6.01 Å². The van der Waals surface area contributed by atoms with Crippen molar-refractivity contribution < 1.29 is 28.2 Å². The summed E-state index contributed by atoms with van der Waals surface area (Å²) in [5.74, 6) is -0.456. The Morgan fingerprint density at radius 2 is 1.88 bits per heavy atom. The highest BCUT2D eigenvalue weighted by molar-refractivity contribution is 6.32. The van der Waals surface area contributed by atoms with Crippen LogP contribution in [0, 0.1) is 0 Å². The van der Waals surface area contributed by atoms with Crippen LogP contribution in [-0.2, 0) is 9.53 Å². The maximum Gasteiger partial charge on any atom is 0.338 e. The predicted octanol–water partition coefficient (Wildman–Crippen LogP) is 4.37. The molecule has 1 heterocycles. The zero-order chi connectivity index (χ0) is 22.9. The molecule has 32 heavy (non-hydrogen) atoms. The third kappa shape index (κ3) is 5.98. The van der Waals surface area contributed by atoms with Crippen molar-refractivity contribution >= 4 is 29.5 Å². The minimum absolute atomic E-state index is 0.107. The molecule has 0 saturated heterocycles. The smallest absolute Gasteiger partial charge is 0.338 e. The molecule has 1 N–H and O–H groups in total. The maximum atomic E-state index is 12.4. The lowest BCUT2D eigenvalue weighted by atomic mass is 10.2. The number of nitrogens with zero attached hydrogens (tertiary/aromatic N) is 2. The summed E-state index contributed by atoms with van der Waals surface area (Å²) in [7, 11) is 0. The zero-order valence-corrected chi connectivity index (χ0v) is 18.3. The number of rotatable bonds is 10. The van der Waals surface area contributed by atoms with Gasteiger partial charge in [-0.3, -0.25) is 10.1 Å². The van der Waals surface area contributed by atoms with Crippen LogP contribution in [0.1, 0.15) is 30.6 Å². The molecule has 0 fully saturated rings. The number of esters is 1. The summed E-state index contributed by atoms with van der Waals surface area (Å²) >= 11 is 6.25. The molecule has 0 aliphatic rings. The lowest BCUT2D eigenvalue weighted by molar-refractivity contribution is -0.119. The highest BCUT2D eigenvalue weighted by Gasteiger charge is 2.19. The maximum absolute atomic E-state index is 12.4. The van der Waals surface area contributed by atoms with E-state index in [1.165, 1.54) is 12.1 Å². The van der Waals surface area contributed by atoms with E-state index >= 15 is 0 Å². The molecule has 0 radical (unpaired) electrons. The Bertz CT molecular complexity index is 1070. The largest absolute Gasteiger partial charge is 0.490 e. The second-order valence-corrected chi connectivity index (χ2v) is 6.88. The number of amides is 1. The van der Waals surface area contributed by atoms with Gasteiger partial charge in [0.05, 0.1) is 23.8 Å². The molecule has 10 heteroatoms. The minimum Gasteiger partial charge on any atom is -0.490 e. The quantitative estimate of drug-likeness (QED) is 0.444. The van der Waals surface area contributed by atoms with Crippen molar-refractivity contribution in [3.8, 4) is 23.0 Å². The molecular weight excluding hydrogens is 438 g/mol. The molecule has 0 unspecified atom stereocenters. The van der Waals surface area contributed by atoms with Crippen LogP contribution in [0.5, 0.6) is 11.5 Å². The number of hydrogen-bond acceptors (Lipinski definition) is 8. The topological polar surface area (TPSA) is 113 Å². The number of anilines is 1. The molecular formula is C22H22ClN3O6. The molecule has 3 rings (SSSR count). The normalized spacial score (nSPS) is 10.5. The third-order valence-corrected chi connectivity index (χ3v) is 4.30. The van der Waals surface area contributed by atoms with Crippen LogP contribution in [0.3, 0.4) is 0 Å². The van der Waals surface area contributed by atoms with Crippen molar-refractivity contribution in [1.82, 2.24) is 10.2 Å². The van der Waals surface area contributed by atoms with Crippen LogP contribution in [0.25, 0.3) is 11.5 Å². The molecule has 1 aromatic heterocycles. The molecule has 168 valence electrons. The monoisotopic (exact) mass is 459 g/mol. The van der Waals surface area contributed by atoms with E-state index in [1.807, 2.05) is 25.1 Å². The highest BCUT2D eigenvalue weighted by atomic mass is 35.5. The van der Waals surface area contributed by atoms with E-state index in [1.54, 1.807) is 19.1 Å². The first-order chi connectivity index (χ1) is 15.5. The van der Waals surface area contributed by atoms with Crippen molar-refractivity contribution in [3.05, 3.63) is 53.1 Å². The Balaban J connectivity index is 1.60. The molecule has 0 aliphatic carbocycles. The molecule has 0 spiro atoms. The van der Waals surface area contributed by atoms with Crippen LogP contribution < -0.4 is 14.8 Å². The van der Waals surface area contributed by atoms with Crippen LogP contribution in [0.15, 0.2) is 46.9 Å². The summed E-state index contributed by atoms with van der Waals surface area (Å²) in [4.78, 5) is 24.5. The zero-order valence-electron chi connectivity index (χ0n) is 17.6. The number of ether oxygens (including phenoxy) is 3. The van der Waals surface area contributed by atoms with Crippen molar-refractivity contribution in [2.45, 2.75) is 20.3 Å².